The number of hydrogen-bond donors (Lipinski definition) is 1. The average Bonchev–Trinajstić information content (AvgIpc) is 1.37. The van der Waals surface area contributed by atoms with E-state index in [-0.39, 0.29) is 0 Å². The summed E-state index contributed by atoms with van der Waals surface area (Å²) >= 11 is 3.94. The molecule has 0 unspecified atom stereocenters. The van der Waals surface area contributed by atoms with Crippen LogP contribution in [0.25, 0.3) is 0 Å². The van der Waals surface area contributed by atoms with Crippen LogP contribution in [-0.4, -0.2) is 6.41 Å². The fourth-order valence-corrected chi connectivity index (χ4v) is 0. The maximum absolute atomic E-state index is 8.96. The van der Waals surface area contributed by atoms with Gasteiger partial charge in [0, 0.05) is 12.8 Å². The molecular formula is CH2NOS. The Kier molecular flexibility index (Phi) is 2.69. The van der Waals surface area contributed by atoms with E-state index in [0.717, 1.165) is 0 Å². The molecule has 4 heavy (non-hydrogen) atoms. The minimum atomic E-state index is 0.440. The van der Waals surface area contributed by atoms with Crippen molar-refractivity contribution >= 4 is 19.2 Å². The maximum atomic E-state index is 8.96. The number of carbonyl (C=O) groups excluding carboxylic acids is 1. The van der Waals surface area contributed by atoms with E-state index in [4.69, 9.17) is 4.79 Å². The van der Waals surface area contributed by atoms with Crippen molar-refractivity contribution in [2.24, 2.45) is 0 Å². The van der Waals surface area contributed by atoms with Crippen molar-refractivity contribution in [2.75, 3.05) is 0 Å². The molecule has 2 nitrogen and oxygen atoms in total. The number of hydrogen-bond acceptors (Lipinski definition) is 1. The van der Waals surface area contributed by atoms with E-state index >= 15 is 0 Å². The molecule has 0 aromatic heterocycles. The van der Waals surface area contributed by atoms with Gasteiger partial charge < -0.3 is 0 Å². The van der Waals surface area contributed by atoms with Crippen LogP contribution in [0.3, 0.4) is 0 Å². The molecule has 0 fully saturated rings. The van der Waals surface area contributed by atoms with Crippen LogP contribution in [-0.2, 0) is 4.79 Å². The molecule has 0 saturated carbocycles. The van der Waals surface area contributed by atoms with Crippen LogP contribution >= 0.6 is 12.8 Å². The summed E-state index contributed by atoms with van der Waals surface area (Å²) < 4.78 is 1.83. The zero-order valence-corrected chi connectivity index (χ0v) is 2.71. The third-order valence-corrected chi connectivity index (χ3v) is 0.144. The quantitative estimate of drug-likeness (QED) is 0.432. The van der Waals surface area contributed by atoms with Gasteiger partial charge in [-0.25, -0.2) is 0 Å². The zero-order valence-electron chi connectivity index (χ0n) is 1.89. The Morgan fingerprint density at radius 2 is 2.25 bits per heavy atom. The van der Waals surface area contributed by atoms with Crippen molar-refractivity contribution in [1.82, 2.24) is 4.72 Å². The Bertz CT molecular complexity index is 22.0. The van der Waals surface area contributed by atoms with Crippen LogP contribution in [0.15, 0.2) is 0 Å². The van der Waals surface area contributed by atoms with Crippen LogP contribution in [0, 0.1) is 0 Å². The molecule has 0 aromatic rings. The van der Waals surface area contributed by atoms with Gasteiger partial charge in [-0.1, -0.05) is 0 Å². The van der Waals surface area contributed by atoms with Gasteiger partial charge in [0.2, 0.25) is 6.41 Å². The third kappa shape index (κ3) is 1.82. The van der Waals surface area contributed by atoms with E-state index in [1.165, 1.54) is 0 Å². The zero-order chi connectivity index (χ0) is 3.41. The van der Waals surface area contributed by atoms with E-state index in [1.54, 1.807) is 0 Å². The predicted octanol–water partition coefficient (Wildman–Crippen LogP) is -0.155. The highest BCUT2D eigenvalue weighted by molar-refractivity contribution is 7.78. The SMILES string of the molecule is O=CN[S]. The predicted molar refractivity (Wildman–Crippen MR) is 16.8 cm³/mol. The lowest BCUT2D eigenvalue weighted by Gasteiger charge is -1.60. The van der Waals surface area contributed by atoms with Gasteiger partial charge in [-0.2, -0.15) is 0 Å². The first kappa shape index (κ1) is 3.82. The third-order valence-electron chi connectivity index (χ3n) is 0.0481. The van der Waals surface area contributed by atoms with Gasteiger partial charge in [0.05, 0.1) is 0 Å². The van der Waals surface area contributed by atoms with Gasteiger partial charge in [0.25, 0.3) is 0 Å². The fraction of sp³-hybridized carbons (Fsp3) is 0. The van der Waals surface area contributed by atoms with Gasteiger partial charge in [-0.05, 0) is 0 Å². The first-order valence-corrected chi connectivity index (χ1v) is 1.14. The van der Waals surface area contributed by atoms with Crippen LogP contribution in [0.1, 0.15) is 0 Å². The summed E-state index contributed by atoms with van der Waals surface area (Å²) in [7, 11) is 0. The largest absolute Gasteiger partial charge is 0.292 e. The molecule has 0 bridgehead atoms. The lowest BCUT2D eigenvalue weighted by atomic mass is 11.5. The number of rotatable bonds is 1. The topological polar surface area (TPSA) is 29.1 Å². The maximum Gasteiger partial charge on any atom is 0.217 e. The molecule has 0 aromatic carbocycles. The minimum absolute atomic E-state index is 0.440. The molecule has 0 aliphatic rings. The summed E-state index contributed by atoms with van der Waals surface area (Å²) in [6, 6.07) is 0. The lowest BCUT2D eigenvalue weighted by Crippen LogP contribution is -1.87. The molecule has 23 valence electrons. The number of amides is 1. The highest BCUT2D eigenvalue weighted by atomic mass is 32.1. The van der Waals surface area contributed by atoms with E-state index < -0.39 is 0 Å². The molecular weight excluding hydrogens is 74.1 g/mol. The summed E-state index contributed by atoms with van der Waals surface area (Å²) in [6.07, 6.45) is 0.440. The molecule has 0 heterocycles. The van der Waals surface area contributed by atoms with Crippen LogP contribution < -0.4 is 4.72 Å². The molecule has 0 aliphatic heterocycles. The summed E-state index contributed by atoms with van der Waals surface area (Å²) in [5, 5.41) is 0. The van der Waals surface area contributed by atoms with Crippen molar-refractivity contribution in [3.05, 3.63) is 0 Å². The van der Waals surface area contributed by atoms with Gasteiger partial charge >= 0.3 is 0 Å². The number of carbonyl (C=O) groups is 1. The minimum Gasteiger partial charge on any atom is -0.292 e. The molecule has 1 amide bonds. The van der Waals surface area contributed by atoms with Crippen molar-refractivity contribution in [2.45, 2.75) is 0 Å². The molecule has 0 atom stereocenters. The van der Waals surface area contributed by atoms with Crippen molar-refractivity contribution in [3.8, 4) is 0 Å². The monoisotopic (exact) mass is 76.0 g/mol. The lowest BCUT2D eigenvalue weighted by molar-refractivity contribution is -0.107. The Balaban J connectivity index is 2.30. The molecule has 3 heteroatoms. The molecule has 0 spiro atoms. The van der Waals surface area contributed by atoms with Gasteiger partial charge in [0.1, 0.15) is 0 Å². The normalized spacial score (nSPS) is 5.25. The first-order chi connectivity index (χ1) is 1.91. The fourth-order valence-electron chi connectivity index (χ4n) is 0. The van der Waals surface area contributed by atoms with Crippen LogP contribution in [0.2, 0.25) is 0 Å². The Morgan fingerprint density at radius 1 is 2.00 bits per heavy atom. The van der Waals surface area contributed by atoms with Crippen molar-refractivity contribution < 1.29 is 4.79 Å². The average molecular weight is 76.1 g/mol. The molecule has 1 N–H and O–H groups in total. The molecule has 1 radical (unpaired) electrons. The Morgan fingerprint density at radius 3 is 2.25 bits per heavy atom. The van der Waals surface area contributed by atoms with Crippen molar-refractivity contribution in [1.29, 1.82) is 0 Å². The smallest absolute Gasteiger partial charge is 0.217 e. The Labute approximate surface area is 29.7 Å². The van der Waals surface area contributed by atoms with Crippen LogP contribution in [0.4, 0.5) is 0 Å². The molecule has 0 saturated heterocycles. The van der Waals surface area contributed by atoms with E-state index in [0.29, 0.717) is 6.41 Å². The molecule has 0 aliphatic carbocycles. The molecule has 0 rings (SSSR count). The first-order valence-electron chi connectivity index (χ1n) is 0.729. The summed E-state index contributed by atoms with van der Waals surface area (Å²) in [4.78, 5) is 8.96. The Hall–Kier alpha value is -0.180. The summed E-state index contributed by atoms with van der Waals surface area (Å²) in [5.74, 6) is 0. The highest BCUT2D eigenvalue weighted by Crippen LogP contribution is 1.39. The van der Waals surface area contributed by atoms with Crippen molar-refractivity contribution in [3.63, 3.8) is 0 Å². The van der Waals surface area contributed by atoms with E-state index in [9.17, 15) is 0 Å². The highest BCUT2D eigenvalue weighted by Gasteiger charge is 1.46. The van der Waals surface area contributed by atoms with E-state index in [2.05, 4.69) is 12.8 Å². The second-order valence-electron chi connectivity index (χ2n) is 0.236. The number of nitrogens with one attached hydrogen (secondary N) is 1. The van der Waals surface area contributed by atoms with Crippen LogP contribution in [0.5, 0.6) is 0 Å². The second kappa shape index (κ2) is 2.82. The summed E-state index contributed by atoms with van der Waals surface area (Å²) in [6.45, 7) is 0. The second-order valence-corrected chi connectivity index (χ2v) is 0.471. The van der Waals surface area contributed by atoms with Gasteiger partial charge in [0.15, 0.2) is 0 Å². The standard InChI is InChI=1S/CH2NOS/c3-1-2-4/h1H,(H,2,3). The van der Waals surface area contributed by atoms with Gasteiger partial charge in [-0.3, -0.25) is 9.52 Å². The van der Waals surface area contributed by atoms with E-state index in [1.807, 2.05) is 4.72 Å². The van der Waals surface area contributed by atoms with Gasteiger partial charge in [-0.15, -0.1) is 0 Å². The summed E-state index contributed by atoms with van der Waals surface area (Å²) in [5.41, 5.74) is 0.